The van der Waals surface area contributed by atoms with Crippen molar-refractivity contribution in [3.8, 4) is 0 Å². The smallest absolute Gasteiger partial charge is 0.325 e. The van der Waals surface area contributed by atoms with E-state index in [4.69, 9.17) is 4.42 Å². The molecule has 0 aliphatic carbocycles. The molecule has 8 nitrogen and oxygen atoms in total. The molecule has 2 atom stereocenters. The van der Waals surface area contributed by atoms with Crippen LogP contribution in [0.3, 0.4) is 0 Å². The summed E-state index contributed by atoms with van der Waals surface area (Å²) in [6, 6.07) is 2.80. The van der Waals surface area contributed by atoms with Crippen molar-refractivity contribution in [3.63, 3.8) is 0 Å². The van der Waals surface area contributed by atoms with Crippen LogP contribution in [0, 0.1) is 5.92 Å². The van der Waals surface area contributed by atoms with E-state index < -0.39 is 18.2 Å². The molecule has 2 aliphatic rings. The Morgan fingerprint density at radius 1 is 1.38 bits per heavy atom. The first-order valence-electron chi connectivity index (χ1n) is 8.15. The van der Waals surface area contributed by atoms with Gasteiger partial charge in [-0.2, -0.15) is 0 Å². The Morgan fingerprint density at radius 3 is 2.83 bits per heavy atom. The van der Waals surface area contributed by atoms with Crippen LogP contribution in [0.25, 0.3) is 0 Å². The van der Waals surface area contributed by atoms with Crippen molar-refractivity contribution in [3.05, 3.63) is 24.2 Å². The zero-order valence-electron chi connectivity index (χ0n) is 14.2. The second-order valence-corrected chi connectivity index (χ2v) is 6.53. The molecule has 0 saturated carbocycles. The van der Waals surface area contributed by atoms with Gasteiger partial charge >= 0.3 is 6.03 Å². The Morgan fingerprint density at radius 2 is 2.17 bits per heavy atom. The molecule has 2 saturated heterocycles. The number of guanidine groups is 1. The summed E-state index contributed by atoms with van der Waals surface area (Å²) in [4.78, 5) is 32.2. The summed E-state index contributed by atoms with van der Waals surface area (Å²) >= 11 is 0. The minimum Gasteiger partial charge on any atom is -0.467 e. The van der Waals surface area contributed by atoms with Gasteiger partial charge in [0, 0.05) is 13.6 Å². The van der Waals surface area contributed by atoms with Gasteiger partial charge in [-0.1, -0.05) is 13.8 Å². The van der Waals surface area contributed by atoms with Crippen LogP contribution in [0.5, 0.6) is 0 Å². The third-order valence-electron chi connectivity index (χ3n) is 4.33. The maximum atomic E-state index is 12.4. The number of carbonyl (C=O) groups is 2. The third-order valence-corrected chi connectivity index (χ3v) is 4.33. The molecule has 3 rings (SSSR count). The first-order valence-corrected chi connectivity index (χ1v) is 8.15. The second-order valence-electron chi connectivity index (χ2n) is 6.53. The Balaban J connectivity index is 1.84. The zero-order chi connectivity index (χ0) is 17.3. The molecule has 2 unspecified atom stereocenters. The molecule has 0 spiro atoms. The molecule has 1 aromatic heterocycles. The second kappa shape index (κ2) is 6.54. The number of imide groups is 1. The lowest BCUT2D eigenvalue weighted by molar-refractivity contribution is -0.127. The number of nitrogens with one attached hydrogen (secondary N) is 2. The Labute approximate surface area is 140 Å². The van der Waals surface area contributed by atoms with E-state index in [1.165, 1.54) is 4.90 Å². The topological polar surface area (TPSA) is 90.2 Å². The Kier molecular flexibility index (Phi) is 4.46. The number of furan rings is 1. The van der Waals surface area contributed by atoms with Crippen LogP contribution in [-0.4, -0.2) is 53.5 Å². The molecular weight excluding hydrogens is 310 g/mol. The average Bonchev–Trinajstić information content (AvgIpc) is 3.16. The normalized spacial score (nSPS) is 25.2. The summed E-state index contributed by atoms with van der Waals surface area (Å²) in [5.74, 6) is 1.58. The predicted octanol–water partition coefficient (Wildman–Crippen LogP) is 0.963. The highest BCUT2D eigenvalue weighted by molar-refractivity contribution is 6.04. The summed E-state index contributed by atoms with van der Waals surface area (Å²) in [6.07, 6.45) is 2.12. The van der Waals surface area contributed by atoms with Crippen molar-refractivity contribution < 1.29 is 14.0 Å². The number of amides is 3. The molecule has 3 heterocycles. The lowest BCUT2D eigenvalue weighted by Gasteiger charge is -2.35. The van der Waals surface area contributed by atoms with Crippen LogP contribution in [-0.2, 0) is 11.3 Å². The minimum atomic E-state index is -0.471. The van der Waals surface area contributed by atoms with Gasteiger partial charge in [-0.25, -0.2) is 9.79 Å². The van der Waals surface area contributed by atoms with E-state index >= 15 is 0 Å². The van der Waals surface area contributed by atoms with Gasteiger partial charge in [0.05, 0.1) is 6.26 Å². The van der Waals surface area contributed by atoms with Gasteiger partial charge in [0.2, 0.25) is 0 Å². The number of urea groups is 1. The molecule has 0 radical (unpaired) electrons. The van der Waals surface area contributed by atoms with Gasteiger partial charge in [0.1, 0.15) is 18.5 Å². The molecule has 8 heteroatoms. The van der Waals surface area contributed by atoms with E-state index in [0.29, 0.717) is 25.0 Å². The van der Waals surface area contributed by atoms with E-state index in [0.717, 1.165) is 12.2 Å². The number of hydrogen-bond acceptors (Lipinski definition) is 4. The number of nitrogens with zero attached hydrogens (tertiary/aromatic N) is 3. The van der Waals surface area contributed by atoms with Gasteiger partial charge in [-0.3, -0.25) is 10.1 Å². The Bertz CT molecular complexity index is 640. The number of likely N-dealkylation sites (N-methyl/N-ethyl adjacent to an activating group) is 1. The fraction of sp³-hybridized carbons (Fsp3) is 0.562. The third kappa shape index (κ3) is 3.08. The van der Waals surface area contributed by atoms with Gasteiger partial charge in [0.25, 0.3) is 5.91 Å². The SMILES string of the molecule is CC(C)CCN1C(=NCc2ccco2)NC2C1C(=O)NC(=O)N2C. The van der Waals surface area contributed by atoms with Gasteiger partial charge in [-0.15, -0.1) is 0 Å². The van der Waals surface area contributed by atoms with Crippen molar-refractivity contribution in [1.29, 1.82) is 0 Å². The van der Waals surface area contributed by atoms with Crippen LogP contribution in [0.1, 0.15) is 26.0 Å². The predicted molar refractivity (Wildman–Crippen MR) is 88.0 cm³/mol. The lowest BCUT2D eigenvalue weighted by atomic mass is 10.1. The molecule has 0 bridgehead atoms. The summed E-state index contributed by atoms with van der Waals surface area (Å²) < 4.78 is 5.31. The van der Waals surface area contributed by atoms with Crippen molar-refractivity contribution in [2.75, 3.05) is 13.6 Å². The fourth-order valence-electron chi connectivity index (χ4n) is 2.92. The first kappa shape index (κ1) is 16.4. The summed E-state index contributed by atoms with van der Waals surface area (Å²) in [7, 11) is 1.67. The van der Waals surface area contributed by atoms with Crippen molar-refractivity contribution in [2.24, 2.45) is 10.9 Å². The van der Waals surface area contributed by atoms with E-state index in [-0.39, 0.29) is 5.91 Å². The van der Waals surface area contributed by atoms with Crippen molar-refractivity contribution in [2.45, 2.75) is 39.0 Å². The summed E-state index contributed by atoms with van der Waals surface area (Å²) in [6.45, 7) is 5.35. The number of fused-ring (bicyclic) bond motifs is 1. The molecule has 2 aliphatic heterocycles. The highest BCUT2D eigenvalue weighted by atomic mass is 16.3. The Hall–Kier alpha value is -2.51. The molecule has 24 heavy (non-hydrogen) atoms. The summed E-state index contributed by atoms with van der Waals surface area (Å²) in [5.41, 5.74) is 0. The molecule has 130 valence electrons. The van der Waals surface area contributed by atoms with E-state index in [1.54, 1.807) is 13.3 Å². The van der Waals surface area contributed by atoms with Crippen molar-refractivity contribution in [1.82, 2.24) is 20.4 Å². The maximum absolute atomic E-state index is 12.4. The highest BCUT2D eigenvalue weighted by Crippen LogP contribution is 2.22. The standard InChI is InChI=1S/C16H23N5O3/c1-10(2)6-7-21-12-13(20(3)16(23)19-14(12)22)18-15(21)17-9-11-5-4-8-24-11/h4-5,8,10,12-13H,6-7,9H2,1-3H3,(H,17,18)(H,19,22,23). The zero-order valence-corrected chi connectivity index (χ0v) is 14.2. The fourth-order valence-corrected chi connectivity index (χ4v) is 2.92. The van der Waals surface area contributed by atoms with Crippen LogP contribution in [0.2, 0.25) is 0 Å². The summed E-state index contributed by atoms with van der Waals surface area (Å²) in [5, 5.41) is 5.62. The minimum absolute atomic E-state index is 0.289. The largest absolute Gasteiger partial charge is 0.467 e. The lowest BCUT2D eigenvalue weighted by Crippen LogP contribution is -2.64. The quantitative estimate of drug-likeness (QED) is 0.838. The molecular formula is C16H23N5O3. The van der Waals surface area contributed by atoms with Gasteiger partial charge in [0.15, 0.2) is 12.0 Å². The van der Waals surface area contributed by atoms with Crippen LogP contribution < -0.4 is 10.6 Å². The van der Waals surface area contributed by atoms with E-state index in [9.17, 15) is 9.59 Å². The molecule has 1 aromatic rings. The monoisotopic (exact) mass is 333 g/mol. The van der Waals surface area contributed by atoms with Crippen LogP contribution in [0.4, 0.5) is 4.79 Å². The highest BCUT2D eigenvalue weighted by Gasteiger charge is 2.49. The molecule has 2 N–H and O–H groups in total. The number of rotatable bonds is 5. The number of carbonyl (C=O) groups excluding carboxylic acids is 2. The van der Waals surface area contributed by atoms with Crippen LogP contribution in [0.15, 0.2) is 27.8 Å². The number of hydrogen-bond donors (Lipinski definition) is 2. The van der Waals surface area contributed by atoms with Crippen LogP contribution >= 0.6 is 0 Å². The molecule has 3 amide bonds. The van der Waals surface area contributed by atoms with E-state index in [1.807, 2.05) is 17.0 Å². The first-order chi connectivity index (χ1) is 11.5. The van der Waals surface area contributed by atoms with Gasteiger partial charge in [-0.05, 0) is 24.5 Å². The maximum Gasteiger partial charge on any atom is 0.325 e. The van der Waals surface area contributed by atoms with E-state index in [2.05, 4.69) is 29.5 Å². The average molecular weight is 333 g/mol. The van der Waals surface area contributed by atoms with Crippen molar-refractivity contribution >= 4 is 17.9 Å². The number of aliphatic imine (C=N–C) groups is 1. The molecule has 2 fully saturated rings. The molecule has 0 aromatic carbocycles. The van der Waals surface area contributed by atoms with Gasteiger partial charge < -0.3 is 19.5 Å².